The predicted molar refractivity (Wildman–Crippen MR) is 91.7 cm³/mol. The number of benzene rings is 2. The summed E-state index contributed by atoms with van der Waals surface area (Å²) in [6.07, 6.45) is -2.04. The smallest absolute Gasteiger partial charge is 0.406 e. The van der Waals surface area contributed by atoms with Crippen LogP contribution in [0, 0.1) is 6.92 Å². The Kier molecular flexibility index (Phi) is 4.72. The normalized spacial score (nSPS) is 11.9. The summed E-state index contributed by atoms with van der Waals surface area (Å²) >= 11 is 0. The molecule has 0 aliphatic carbocycles. The van der Waals surface area contributed by atoms with Crippen LogP contribution in [0.4, 0.5) is 13.2 Å². The van der Waals surface area contributed by atoms with Gasteiger partial charge in [0.1, 0.15) is 5.75 Å². The summed E-state index contributed by atoms with van der Waals surface area (Å²) in [5.41, 5.74) is 5.09. The van der Waals surface area contributed by atoms with Gasteiger partial charge in [-0.25, -0.2) is 0 Å². The fourth-order valence-corrected chi connectivity index (χ4v) is 2.96. The number of aromatic amines is 1. The topological polar surface area (TPSA) is 37.0 Å². The van der Waals surface area contributed by atoms with E-state index in [1.807, 2.05) is 13.2 Å². The summed E-state index contributed by atoms with van der Waals surface area (Å²) in [4.78, 5) is 3.26. The third kappa shape index (κ3) is 4.14. The summed E-state index contributed by atoms with van der Waals surface area (Å²) in [5.74, 6) is -0.190. The lowest BCUT2D eigenvalue weighted by molar-refractivity contribution is -0.274. The first-order valence-corrected chi connectivity index (χ1v) is 7.94. The Morgan fingerprint density at radius 3 is 2.56 bits per heavy atom. The van der Waals surface area contributed by atoms with E-state index in [2.05, 4.69) is 33.2 Å². The molecule has 2 N–H and O–H groups in total. The van der Waals surface area contributed by atoms with Gasteiger partial charge < -0.3 is 15.0 Å². The molecular weight excluding hydrogens is 329 g/mol. The maximum Gasteiger partial charge on any atom is 0.573 e. The molecule has 3 aromatic rings. The molecule has 0 atom stereocenters. The highest BCUT2D eigenvalue weighted by Gasteiger charge is 2.31. The molecule has 3 nitrogen and oxygen atoms in total. The minimum atomic E-state index is -4.67. The van der Waals surface area contributed by atoms with Crippen molar-refractivity contribution in [2.45, 2.75) is 26.3 Å². The number of hydrogen-bond acceptors (Lipinski definition) is 2. The maximum atomic E-state index is 12.3. The van der Waals surface area contributed by atoms with Crippen LogP contribution in [0.2, 0.25) is 0 Å². The van der Waals surface area contributed by atoms with E-state index < -0.39 is 6.36 Å². The van der Waals surface area contributed by atoms with E-state index in [4.69, 9.17) is 0 Å². The van der Waals surface area contributed by atoms with Crippen molar-refractivity contribution in [3.8, 4) is 5.75 Å². The molecule has 0 aliphatic rings. The minimum absolute atomic E-state index is 0.190. The van der Waals surface area contributed by atoms with Gasteiger partial charge >= 0.3 is 6.36 Å². The number of fused-ring (bicyclic) bond motifs is 1. The fourth-order valence-electron chi connectivity index (χ4n) is 2.96. The fraction of sp³-hybridized carbons (Fsp3) is 0.263. The first-order valence-electron chi connectivity index (χ1n) is 7.94. The second-order valence-corrected chi connectivity index (χ2v) is 6.04. The maximum absolute atomic E-state index is 12.3. The average molecular weight is 348 g/mol. The third-order valence-corrected chi connectivity index (χ3v) is 4.14. The van der Waals surface area contributed by atoms with E-state index in [1.54, 1.807) is 13.0 Å². The van der Waals surface area contributed by atoms with Crippen LogP contribution in [0.1, 0.15) is 22.3 Å². The number of ether oxygens (including phenoxy) is 1. The zero-order chi connectivity index (χ0) is 18.0. The van der Waals surface area contributed by atoms with E-state index in [9.17, 15) is 13.2 Å². The highest BCUT2D eigenvalue weighted by molar-refractivity contribution is 5.83. The molecule has 6 heteroatoms. The highest BCUT2D eigenvalue weighted by atomic mass is 19.4. The molecule has 0 unspecified atom stereocenters. The molecule has 0 aliphatic heterocycles. The molecule has 0 saturated heterocycles. The van der Waals surface area contributed by atoms with Gasteiger partial charge in [0.15, 0.2) is 0 Å². The quantitative estimate of drug-likeness (QED) is 0.702. The Bertz CT molecular complexity index is 884. The lowest BCUT2D eigenvalue weighted by atomic mass is 9.99. The monoisotopic (exact) mass is 348 g/mol. The molecule has 2 aromatic carbocycles. The van der Waals surface area contributed by atoms with Gasteiger partial charge in [-0.3, -0.25) is 0 Å². The van der Waals surface area contributed by atoms with Crippen molar-refractivity contribution < 1.29 is 17.9 Å². The molecule has 3 rings (SSSR count). The molecular formula is C19H19F3N2O. The Morgan fingerprint density at radius 1 is 1.08 bits per heavy atom. The lowest BCUT2D eigenvalue weighted by Crippen LogP contribution is -2.17. The Morgan fingerprint density at radius 2 is 1.88 bits per heavy atom. The van der Waals surface area contributed by atoms with Gasteiger partial charge in [-0.05, 0) is 60.8 Å². The third-order valence-electron chi connectivity index (χ3n) is 4.14. The zero-order valence-corrected chi connectivity index (χ0v) is 14.0. The lowest BCUT2D eigenvalue weighted by Gasteiger charge is -2.12. The van der Waals surface area contributed by atoms with E-state index in [1.165, 1.54) is 23.1 Å². The molecule has 0 spiro atoms. The minimum Gasteiger partial charge on any atom is -0.406 e. The summed E-state index contributed by atoms with van der Waals surface area (Å²) < 4.78 is 40.8. The van der Waals surface area contributed by atoms with E-state index in [0.29, 0.717) is 6.42 Å². The predicted octanol–water partition coefficient (Wildman–Crippen LogP) is 4.69. The van der Waals surface area contributed by atoms with Crippen LogP contribution in [0.25, 0.3) is 10.9 Å². The van der Waals surface area contributed by atoms with Crippen molar-refractivity contribution in [2.75, 3.05) is 7.05 Å². The molecule has 132 valence electrons. The van der Waals surface area contributed by atoms with Crippen LogP contribution < -0.4 is 10.1 Å². The summed E-state index contributed by atoms with van der Waals surface area (Å²) in [6, 6.07) is 10.7. The number of aryl methyl sites for hydroxylation is 1. The van der Waals surface area contributed by atoms with Crippen LogP contribution in [0.15, 0.2) is 42.6 Å². The van der Waals surface area contributed by atoms with Crippen molar-refractivity contribution in [1.82, 2.24) is 10.3 Å². The largest absolute Gasteiger partial charge is 0.573 e. The van der Waals surface area contributed by atoms with Crippen LogP contribution in [-0.2, 0) is 13.0 Å². The molecule has 1 aromatic heterocycles. The number of halogens is 3. The first kappa shape index (κ1) is 17.4. The number of hydrogen-bond donors (Lipinski definition) is 2. The number of rotatable bonds is 5. The summed E-state index contributed by atoms with van der Waals surface area (Å²) in [7, 11) is 1.90. The van der Waals surface area contributed by atoms with Crippen LogP contribution in [-0.4, -0.2) is 18.4 Å². The number of nitrogens with one attached hydrogen (secondary N) is 2. The summed E-state index contributed by atoms with van der Waals surface area (Å²) in [6.45, 7) is 2.58. The standard InChI is InChI=1S/C19H19F3N2O/c1-12-7-16(25-19(20,21)22)5-4-14(12)8-13-3-6-17-15(10-23-2)11-24-18(17)9-13/h3-7,9,11,23-24H,8,10H2,1-2H3. The first-order chi connectivity index (χ1) is 11.9. The van der Waals surface area contributed by atoms with Gasteiger partial charge in [0.05, 0.1) is 0 Å². The average Bonchev–Trinajstić information content (AvgIpc) is 2.91. The molecule has 0 fully saturated rings. The Hall–Kier alpha value is -2.47. The Labute approximate surface area is 143 Å². The van der Waals surface area contributed by atoms with Gasteiger partial charge in [-0.15, -0.1) is 13.2 Å². The molecule has 25 heavy (non-hydrogen) atoms. The summed E-state index contributed by atoms with van der Waals surface area (Å²) in [5, 5.41) is 4.30. The second-order valence-electron chi connectivity index (χ2n) is 6.04. The number of H-pyrrole nitrogens is 1. The zero-order valence-electron chi connectivity index (χ0n) is 14.0. The molecule has 0 bridgehead atoms. The van der Waals surface area contributed by atoms with Crippen molar-refractivity contribution in [3.05, 3.63) is 64.8 Å². The second kappa shape index (κ2) is 6.80. The molecule has 0 amide bonds. The van der Waals surface area contributed by atoms with Crippen molar-refractivity contribution in [3.63, 3.8) is 0 Å². The van der Waals surface area contributed by atoms with Gasteiger partial charge in [0.2, 0.25) is 0 Å². The number of alkyl halides is 3. The van der Waals surface area contributed by atoms with Crippen molar-refractivity contribution in [1.29, 1.82) is 0 Å². The highest BCUT2D eigenvalue weighted by Crippen LogP contribution is 2.27. The molecule has 0 radical (unpaired) electrons. The van der Waals surface area contributed by atoms with Gasteiger partial charge in [0, 0.05) is 23.6 Å². The van der Waals surface area contributed by atoms with Gasteiger partial charge in [0.25, 0.3) is 0 Å². The van der Waals surface area contributed by atoms with Crippen molar-refractivity contribution in [2.24, 2.45) is 0 Å². The van der Waals surface area contributed by atoms with Gasteiger partial charge in [-0.1, -0.05) is 18.2 Å². The van der Waals surface area contributed by atoms with E-state index in [-0.39, 0.29) is 5.75 Å². The SMILES string of the molecule is CNCc1c[nH]c2cc(Cc3ccc(OC(F)(F)F)cc3C)ccc12. The molecule has 1 heterocycles. The van der Waals surface area contributed by atoms with E-state index >= 15 is 0 Å². The van der Waals surface area contributed by atoms with Crippen LogP contribution in [0.3, 0.4) is 0 Å². The van der Waals surface area contributed by atoms with E-state index in [0.717, 1.165) is 28.8 Å². The van der Waals surface area contributed by atoms with Gasteiger partial charge in [-0.2, -0.15) is 0 Å². The number of aromatic nitrogens is 1. The van der Waals surface area contributed by atoms with Crippen molar-refractivity contribution >= 4 is 10.9 Å². The molecule has 0 saturated carbocycles. The Balaban J connectivity index is 1.81. The van der Waals surface area contributed by atoms with Crippen LogP contribution >= 0.6 is 0 Å². The van der Waals surface area contributed by atoms with Crippen LogP contribution in [0.5, 0.6) is 5.75 Å².